The van der Waals surface area contributed by atoms with Gasteiger partial charge in [-0.2, -0.15) is 0 Å². The number of carbonyl (C=O) groups is 1. The zero-order valence-corrected chi connectivity index (χ0v) is 19.2. The molecule has 11 heteroatoms. The van der Waals surface area contributed by atoms with Crippen molar-refractivity contribution in [2.24, 2.45) is 0 Å². The van der Waals surface area contributed by atoms with Gasteiger partial charge in [0.25, 0.3) is 5.91 Å². The number of aromatic nitrogens is 3. The summed E-state index contributed by atoms with van der Waals surface area (Å²) < 4.78 is 34.4. The number of fused-ring (bicyclic) bond motifs is 1. The highest BCUT2D eigenvalue weighted by atomic mass is 32.1. The van der Waals surface area contributed by atoms with Crippen LogP contribution in [0.5, 0.6) is 5.75 Å². The fourth-order valence-electron chi connectivity index (χ4n) is 4.66. The van der Waals surface area contributed by atoms with Gasteiger partial charge in [0, 0.05) is 38.4 Å². The minimum absolute atomic E-state index is 0.0437. The molecule has 1 spiro atoms. The van der Waals surface area contributed by atoms with Gasteiger partial charge in [-0.25, -0.2) is 8.78 Å². The molecule has 178 valence electrons. The van der Waals surface area contributed by atoms with Crippen molar-refractivity contribution < 1.29 is 23.4 Å². The Bertz CT molecular complexity index is 1330. The van der Waals surface area contributed by atoms with Crippen LogP contribution in [0.1, 0.15) is 40.8 Å². The lowest BCUT2D eigenvalue weighted by Crippen LogP contribution is -2.59. The molecule has 5 rings (SSSR count). The number of benzene rings is 1. The quantitative estimate of drug-likeness (QED) is 0.593. The number of amides is 1. The van der Waals surface area contributed by atoms with Crippen molar-refractivity contribution in [3.8, 4) is 16.3 Å². The highest BCUT2D eigenvalue weighted by Gasteiger charge is 2.48. The molecular formula is C23H22F2N4O4S. The van der Waals surface area contributed by atoms with E-state index in [-0.39, 0.29) is 28.2 Å². The number of rotatable bonds is 5. The minimum Gasteiger partial charge on any atom is -0.503 e. The van der Waals surface area contributed by atoms with E-state index in [2.05, 4.69) is 10.2 Å². The Morgan fingerprint density at radius 3 is 2.79 bits per heavy atom. The number of aromatic hydroxyl groups is 1. The molecule has 2 aliphatic rings. The van der Waals surface area contributed by atoms with Crippen LogP contribution in [-0.4, -0.2) is 56.0 Å². The van der Waals surface area contributed by atoms with Gasteiger partial charge < -0.3 is 19.3 Å². The molecule has 1 aromatic carbocycles. The second kappa shape index (κ2) is 8.55. The van der Waals surface area contributed by atoms with Crippen LogP contribution in [0, 0.1) is 11.6 Å². The number of pyridine rings is 1. The first-order valence-corrected chi connectivity index (χ1v) is 11.8. The first-order chi connectivity index (χ1) is 16.3. The SMILES string of the molecule is CCCN1C(=O)c2c(O)c(=O)c(-c3nnc(Cc4ccc(F)cc4F)s3)cn2CC12CCOC2. The van der Waals surface area contributed by atoms with E-state index in [1.54, 1.807) is 9.47 Å². The monoisotopic (exact) mass is 488 g/mol. The normalized spacial score (nSPS) is 19.7. The zero-order valence-electron chi connectivity index (χ0n) is 18.4. The Balaban J connectivity index is 1.52. The van der Waals surface area contributed by atoms with E-state index in [1.165, 1.54) is 12.3 Å². The number of halogens is 2. The van der Waals surface area contributed by atoms with Crippen molar-refractivity contribution in [2.45, 2.75) is 38.3 Å². The Hall–Kier alpha value is -3.18. The van der Waals surface area contributed by atoms with Crippen LogP contribution in [0.25, 0.3) is 10.6 Å². The summed E-state index contributed by atoms with van der Waals surface area (Å²) in [6.07, 6.45) is 3.00. The molecule has 0 radical (unpaired) electrons. The first kappa shape index (κ1) is 22.6. The van der Waals surface area contributed by atoms with Crippen LogP contribution >= 0.6 is 11.3 Å². The van der Waals surface area contributed by atoms with Crippen molar-refractivity contribution in [3.05, 3.63) is 62.5 Å². The van der Waals surface area contributed by atoms with Crippen molar-refractivity contribution in [3.63, 3.8) is 0 Å². The molecule has 34 heavy (non-hydrogen) atoms. The number of hydrogen-bond acceptors (Lipinski definition) is 7. The van der Waals surface area contributed by atoms with E-state index < -0.39 is 34.3 Å². The van der Waals surface area contributed by atoms with Crippen LogP contribution in [0.3, 0.4) is 0 Å². The molecule has 0 saturated carbocycles. The number of hydrogen-bond donors (Lipinski definition) is 1. The minimum atomic E-state index is -0.717. The molecular weight excluding hydrogens is 466 g/mol. The maximum Gasteiger partial charge on any atom is 0.275 e. The summed E-state index contributed by atoms with van der Waals surface area (Å²) in [5.41, 5.74) is -0.942. The van der Waals surface area contributed by atoms with Gasteiger partial charge in [-0.15, -0.1) is 10.2 Å². The van der Waals surface area contributed by atoms with E-state index in [1.807, 2.05) is 6.92 Å². The summed E-state index contributed by atoms with van der Waals surface area (Å²) >= 11 is 1.07. The Labute approximate surface area is 197 Å². The standard InChI is InChI=1S/C23H22F2N4O4S/c1-2-6-29-22(32)18-20(31)19(30)15(10-28(18)11-23(29)5-7-33-12-23)21-27-26-17(34-21)8-13-3-4-14(24)9-16(13)25/h3-4,9-10,31H,2,5-8,11-12H2,1H3. The smallest absolute Gasteiger partial charge is 0.275 e. The molecule has 1 amide bonds. The molecule has 3 aromatic rings. The second-order valence-corrected chi connectivity index (χ2v) is 9.66. The van der Waals surface area contributed by atoms with Crippen LogP contribution in [-0.2, 0) is 17.7 Å². The Kier molecular flexibility index (Phi) is 5.68. The van der Waals surface area contributed by atoms with Gasteiger partial charge in [-0.05, 0) is 24.5 Å². The number of ether oxygens (including phenoxy) is 1. The molecule has 1 fully saturated rings. The van der Waals surface area contributed by atoms with Crippen LogP contribution < -0.4 is 5.43 Å². The van der Waals surface area contributed by atoms with Gasteiger partial charge in [-0.1, -0.05) is 24.3 Å². The Morgan fingerprint density at radius 1 is 1.26 bits per heavy atom. The summed E-state index contributed by atoms with van der Waals surface area (Å²) in [5, 5.41) is 19.5. The Morgan fingerprint density at radius 2 is 2.09 bits per heavy atom. The summed E-state index contributed by atoms with van der Waals surface area (Å²) in [6.45, 7) is 3.75. The van der Waals surface area contributed by atoms with E-state index in [0.29, 0.717) is 37.7 Å². The van der Waals surface area contributed by atoms with E-state index >= 15 is 0 Å². The van der Waals surface area contributed by atoms with Crippen LogP contribution in [0.2, 0.25) is 0 Å². The zero-order chi connectivity index (χ0) is 24.0. The lowest BCUT2D eigenvalue weighted by molar-refractivity contribution is 0.0238. The van der Waals surface area contributed by atoms with Crippen molar-refractivity contribution in [2.75, 3.05) is 19.8 Å². The summed E-state index contributed by atoms with van der Waals surface area (Å²) in [5.74, 6) is -2.39. The predicted molar refractivity (Wildman–Crippen MR) is 120 cm³/mol. The molecule has 0 aliphatic carbocycles. The fraction of sp³-hybridized carbons (Fsp3) is 0.391. The summed E-state index contributed by atoms with van der Waals surface area (Å²) in [6, 6.07) is 3.30. The largest absolute Gasteiger partial charge is 0.503 e. The van der Waals surface area contributed by atoms with Gasteiger partial charge in [-0.3, -0.25) is 9.59 Å². The average Bonchev–Trinajstić information content (AvgIpc) is 3.46. The molecule has 4 heterocycles. The van der Waals surface area contributed by atoms with E-state index in [9.17, 15) is 23.5 Å². The molecule has 1 saturated heterocycles. The molecule has 8 nitrogen and oxygen atoms in total. The van der Waals surface area contributed by atoms with Gasteiger partial charge in [0.1, 0.15) is 16.6 Å². The van der Waals surface area contributed by atoms with Gasteiger partial charge in [0.15, 0.2) is 16.5 Å². The highest BCUT2D eigenvalue weighted by molar-refractivity contribution is 7.14. The molecule has 1 N–H and O–H groups in total. The first-order valence-electron chi connectivity index (χ1n) is 11.0. The molecule has 0 bridgehead atoms. The highest BCUT2D eigenvalue weighted by Crippen LogP contribution is 2.37. The van der Waals surface area contributed by atoms with Crippen LogP contribution in [0.4, 0.5) is 8.78 Å². The van der Waals surface area contributed by atoms with Gasteiger partial charge in [0.2, 0.25) is 5.43 Å². The van der Waals surface area contributed by atoms with Gasteiger partial charge >= 0.3 is 0 Å². The number of nitrogens with zero attached hydrogens (tertiary/aromatic N) is 4. The van der Waals surface area contributed by atoms with E-state index in [0.717, 1.165) is 29.9 Å². The maximum absolute atomic E-state index is 14.0. The topological polar surface area (TPSA) is 97.5 Å². The lowest BCUT2D eigenvalue weighted by Gasteiger charge is -2.45. The third-order valence-corrected chi connectivity index (χ3v) is 7.28. The average molecular weight is 489 g/mol. The van der Waals surface area contributed by atoms with Crippen LogP contribution in [0.15, 0.2) is 29.2 Å². The summed E-state index contributed by atoms with van der Waals surface area (Å²) in [7, 11) is 0. The summed E-state index contributed by atoms with van der Waals surface area (Å²) in [4.78, 5) is 28.0. The number of carbonyl (C=O) groups excluding carboxylic acids is 1. The maximum atomic E-state index is 14.0. The fourth-order valence-corrected chi connectivity index (χ4v) is 5.52. The second-order valence-electron chi connectivity index (χ2n) is 8.59. The molecule has 2 aliphatic heterocycles. The van der Waals surface area contributed by atoms with Crippen molar-refractivity contribution >= 4 is 17.2 Å². The lowest BCUT2D eigenvalue weighted by atomic mass is 9.91. The van der Waals surface area contributed by atoms with E-state index in [4.69, 9.17) is 4.74 Å². The molecule has 1 atom stereocenters. The predicted octanol–water partition coefficient (Wildman–Crippen LogP) is 2.97. The molecule has 2 aromatic heterocycles. The van der Waals surface area contributed by atoms with Crippen molar-refractivity contribution in [1.29, 1.82) is 0 Å². The third kappa shape index (κ3) is 3.68. The molecule has 1 unspecified atom stereocenters. The van der Waals surface area contributed by atoms with Gasteiger partial charge in [0.05, 0.1) is 17.7 Å². The third-order valence-electron chi connectivity index (χ3n) is 6.32. The van der Waals surface area contributed by atoms with Crippen molar-refractivity contribution in [1.82, 2.24) is 19.7 Å².